The minimum absolute atomic E-state index is 0.121. The second-order valence-corrected chi connectivity index (χ2v) is 3.45. The largest absolute Gasteiger partial charge is 0.387 e. The second-order valence-electron chi connectivity index (χ2n) is 3.45. The molecule has 84 valence electrons. The predicted molar refractivity (Wildman–Crippen MR) is 60.4 cm³/mol. The average molecular weight is 219 g/mol. The Morgan fingerprint density at radius 2 is 2.19 bits per heavy atom. The highest BCUT2D eigenvalue weighted by molar-refractivity contribution is 5.42. The molecule has 0 amide bonds. The minimum atomic E-state index is -0.766. The van der Waals surface area contributed by atoms with Gasteiger partial charge in [-0.05, 0) is 6.07 Å². The summed E-state index contributed by atoms with van der Waals surface area (Å²) in [5, 5.41) is 9.75. The summed E-state index contributed by atoms with van der Waals surface area (Å²) < 4.78 is 1.44. The van der Waals surface area contributed by atoms with E-state index in [4.69, 9.17) is 5.73 Å². The third-order valence-electron chi connectivity index (χ3n) is 2.43. The standard InChI is InChI=1S/C11H13N3O2/c12-7-10(15)8-3-1-2-4-9(8)14-6-5-13-11(14)16/h1-6,10,15H,7,12H2,(H,13,16). The Balaban J connectivity index is 2.57. The van der Waals surface area contributed by atoms with Crippen molar-refractivity contribution < 1.29 is 5.11 Å². The van der Waals surface area contributed by atoms with Gasteiger partial charge < -0.3 is 15.8 Å². The Labute approximate surface area is 92.2 Å². The van der Waals surface area contributed by atoms with Gasteiger partial charge in [0.05, 0.1) is 11.8 Å². The van der Waals surface area contributed by atoms with E-state index in [2.05, 4.69) is 4.98 Å². The first kappa shape index (κ1) is 10.7. The van der Waals surface area contributed by atoms with Gasteiger partial charge >= 0.3 is 5.69 Å². The number of nitrogens with zero attached hydrogens (tertiary/aromatic N) is 1. The molecule has 0 aliphatic heterocycles. The molecule has 5 heteroatoms. The number of hydrogen-bond donors (Lipinski definition) is 3. The highest BCUT2D eigenvalue weighted by Gasteiger charge is 2.12. The summed E-state index contributed by atoms with van der Waals surface area (Å²) in [4.78, 5) is 14.0. The molecule has 0 bridgehead atoms. The summed E-state index contributed by atoms with van der Waals surface area (Å²) in [7, 11) is 0. The molecule has 1 aromatic carbocycles. The zero-order valence-corrected chi connectivity index (χ0v) is 8.63. The molecule has 16 heavy (non-hydrogen) atoms. The van der Waals surface area contributed by atoms with Crippen molar-refractivity contribution in [3.05, 3.63) is 52.7 Å². The van der Waals surface area contributed by atoms with Crippen LogP contribution in [0, 0.1) is 0 Å². The van der Waals surface area contributed by atoms with E-state index < -0.39 is 6.10 Å². The smallest absolute Gasteiger partial charge is 0.330 e. The molecule has 4 N–H and O–H groups in total. The lowest BCUT2D eigenvalue weighted by Gasteiger charge is -2.13. The van der Waals surface area contributed by atoms with Gasteiger partial charge in [-0.15, -0.1) is 0 Å². The summed E-state index contributed by atoms with van der Waals surface area (Å²) in [6.45, 7) is 0.121. The molecule has 1 heterocycles. The predicted octanol–water partition coefficient (Wildman–Crippen LogP) is 0.158. The number of aliphatic hydroxyl groups excluding tert-OH is 1. The Morgan fingerprint density at radius 1 is 1.44 bits per heavy atom. The molecule has 0 fully saturated rings. The molecule has 1 aromatic heterocycles. The van der Waals surface area contributed by atoms with E-state index in [-0.39, 0.29) is 12.2 Å². The first-order valence-corrected chi connectivity index (χ1v) is 4.97. The lowest BCUT2D eigenvalue weighted by atomic mass is 10.1. The van der Waals surface area contributed by atoms with E-state index in [1.165, 1.54) is 4.57 Å². The third kappa shape index (κ3) is 1.78. The summed E-state index contributed by atoms with van der Waals surface area (Å²) in [5.74, 6) is 0. The number of benzene rings is 1. The normalized spacial score (nSPS) is 12.6. The van der Waals surface area contributed by atoms with Gasteiger partial charge in [0, 0.05) is 24.5 Å². The monoisotopic (exact) mass is 219 g/mol. The van der Waals surface area contributed by atoms with E-state index in [0.717, 1.165) is 0 Å². The fourth-order valence-corrected chi connectivity index (χ4v) is 1.63. The Hall–Kier alpha value is -1.85. The number of aromatic amines is 1. The fraction of sp³-hybridized carbons (Fsp3) is 0.182. The van der Waals surface area contributed by atoms with Crippen molar-refractivity contribution in [2.75, 3.05) is 6.54 Å². The topological polar surface area (TPSA) is 84.0 Å². The molecular formula is C11H13N3O2. The number of imidazole rings is 1. The molecule has 2 rings (SSSR count). The molecule has 1 unspecified atom stereocenters. The number of hydrogen-bond acceptors (Lipinski definition) is 3. The summed E-state index contributed by atoms with van der Waals surface area (Å²) in [5.41, 5.74) is 6.47. The highest BCUT2D eigenvalue weighted by atomic mass is 16.3. The zero-order chi connectivity index (χ0) is 11.5. The molecule has 2 aromatic rings. The van der Waals surface area contributed by atoms with Gasteiger partial charge in [-0.1, -0.05) is 18.2 Å². The molecule has 0 saturated carbocycles. The van der Waals surface area contributed by atoms with Gasteiger partial charge in [0.2, 0.25) is 0 Å². The van der Waals surface area contributed by atoms with Crippen LogP contribution in [0.25, 0.3) is 5.69 Å². The first-order valence-electron chi connectivity index (χ1n) is 4.97. The van der Waals surface area contributed by atoms with Crippen molar-refractivity contribution in [1.82, 2.24) is 9.55 Å². The lowest BCUT2D eigenvalue weighted by molar-refractivity contribution is 0.186. The molecule has 0 aliphatic carbocycles. The highest BCUT2D eigenvalue weighted by Crippen LogP contribution is 2.19. The number of rotatable bonds is 3. The summed E-state index contributed by atoms with van der Waals surface area (Å²) in [6, 6.07) is 7.13. The molecule has 0 aliphatic rings. The minimum Gasteiger partial charge on any atom is -0.387 e. The van der Waals surface area contributed by atoms with Crippen molar-refractivity contribution in [1.29, 1.82) is 0 Å². The number of para-hydroxylation sites is 1. The summed E-state index contributed by atoms with van der Waals surface area (Å²) >= 11 is 0. The van der Waals surface area contributed by atoms with Gasteiger partial charge in [-0.3, -0.25) is 4.57 Å². The molecule has 0 spiro atoms. The van der Waals surface area contributed by atoms with Crippen molar-refractivity contribution in [3.8, 4) is 5.69 Å². The first-order chi connectivity index (χ1) is 7.74. The van der Waals surface area contributed by atoms with Crippen LogP contribution in [0.15, 0.2) is 41.5 Å². The van der Waals surface area contributed by atoms with Gasteiger partial charge in [0.25, 0.3) is 0 Å². The zero-order valence-electron chi connectivity index (χ0n) is 8.63. The van der Waals surface area contributed by atoms with Crippen LogP contribution in [0.3, 0.4) is 0 Å². The van der Waals surface area contributed by atoms with E-state index in [9.17, 15) is 9.90 Å². The molecule has 1 atom stereocenters. The Kier molecular flexibility index (Phi) is 2.89. The molecule has 0 saturated heterocycles. The van der Waals surface area contributed by atoms with Crippen molar-refractivity contribution >= 4 is 0 Å². The van der Waals surface area contributed by atoms with Crippen LogP contribution in [0.1, 0.15) is 11.7 Å². The van der Waals surface area contributed by atoms with Gasteiger partial charge in [0.15, 0.2) is 0 Å². The van der Waals surface area contributed by atoms with Gasteiger partial charge in [-0.2, -0.15) is 0 Å². The van der Waals surface area contributed by atoms with Crippen molar-refractivity contribution in [2.24, 2.45) is 5.73 Å². The number of aromatic nitrogens is 2. The number of nitrogens with two attached hydrogens (primary N) is 1. The third-order valence-corrected chi connectivity index (χ3v) is 2.43. The molecule has 5 nitrogen and oxygen atoms in total. The van der Waals surface area contributed by atoms with Crippen LogP contribution in [0.5, 0.6) is 0 Å². The maximum Gasteiger partial charge on any atom is 0.330 e. The van der Waals surface area contributed by atoms with E-state index >= 15 is 0 Å². The van der Waals surface area contributed by atoms with E-state index in [0.29, 0.717) is 11.3 Å². The Morgan fingerprint density at radius 3 is 2.81 bits per heavy atom. The molecule has 0 radical (unpaired) electrons. The van der Waals surface area contributed by atoms with Crippen LogP contribution in [0.2, 0.25) is 0 Å². The van der Waals surface area contributed by atoms with Crippen molar-refractivity contribution in [3.63, 3.8) is 0 Å². The Bertz CT molecular complexity index is 530. The lowest BCUT2D eigenvalue weighted by Crippen LogP contribution is -2.19. The van der Waals surface area contributed by atoms with Crippen LogP contribution in [-0.4, -0.2) is 21.2 Å². The van der Waals surface area contributed by atoms with Crippen LogP contribution < -0.4 is 11.4 Å². The molecular weight excluding hydrogens is 206 g/mol. The van der Waals surface area contributed by atoms with Crippen LogP contribution in [-0.2, 0) is 0 Å². The van der Waals surface area contributed by atoms with Crippen LogP contribution in [0.4, 0.5) is 0 Å². The van der Waals surface area contributed by atoms with Crippen LogP contribution >= 0.6 is 0 Å². The van der Waals surface area contributed by atoms with E-state index in [1.54, 1.807) is 30.6 Å². The number of H-pyrrole nitrogens is 1. The fourth-order valence-electron chi connectivity index (χ4n) is 1.63. The average Bonchev–Trinajstić information content (AvgIpc) is 2.74. The quantitative estimate of drug-likeness (QED) is 0.687. The maximum absolute atomic E-state index is 11.5. The summed E-state index contributed by atoms with van der Waals surface area (Å²) in [6.07, 6.45) is 2.40. The van der Waals surface area contributed by atoms with Gasteiger partial charge in [0.1, 0.15) is 0 Å². The second kappa shape index (κ2) is 4.34. The number of aliphatic hydroxyl groups is 1. The SMILES string of the molecule is NCC(O)c1ccccc1-n1cc[nH]c1=O. The maximum atomic E-state index is 11.5. The van der Waals surface area contributed by atoms with Crippen molar-refractivity contribution in [2.45, 2.75) is 6.10 Å². The van der Waals surface area contributed by atoms with Gasteiger partial charge in [-0.25, -0.2) is 4.79 Å². The number of nitrogens with one attached hydrogen (secondary N) is 1. The van der Waals surface area contributed by atoms with E-state index in [1.807, 2.05) is 6.07 Å².